The van der Waals surface area contributed by atoms with Gasteiger partial charge >= 0.3 is 5.97 Å². The second-order valence-electron chi connectivity index (χ2n) is 7.61. The minimum atomic E-state index is -1.02. The molecule has 186 valence electrons. The van der Waals surface area contributed by atoms with Gasteiger partial charge in [0.15, 0.2) is 0 Å². The zero-order valence-corrected chi connectivity index (χ0v) is 20.9. The predicted molar refractivity (Wildman–Crippen MR) is 137 cm³/mol. The van der Waals surface area contributed by atoms with Crippen molar-refractivity contribution >= 4 is 62.3 Å². The Morgan fingerprint density at radius 3 is 2.11 bits per heavy atom. The Kier molecular flexibility index (Phi) is 7.45. The summed E-state index contributed by atoms with van der Waals surface area (Å²) in [5, 5.41) is 21.7. The van der Waals surface area contributed by atoms with Gasteiger partial charge in [-0.3, -0.25) is 34.7 Å². The number of nitrogens with zero attached hydrogens (tertiary/aromatic N) is 3. The minimum Gasteiger partial charge on any atom is -0.423 e. The summed E-state index contributed by atoms with van der Waals surface area (Å²) >= 11 is 4.15. The molecule has 3 aromatic carbocycles. The quantitative estimate of drug-likeness (QED) is 0.112. The second-order valence-corrected chi connectivity index (χ2v) is 9.51. The first kappa shape index (κ1) is 25.7. The van der Waals surface area contributed by atoms with E-state index in [1.165, 1.54) is 18.2 Å². The molecule has 1 aliphatic rings. The molecule has 0 bridgehead atoms. The SMILES string of the molecule is O=C(Oc1ccc(/C=C2\SC(=O)N(Cc3ccc(Br)cc3)C2=O)cc1)c1cc([N+](=O)[O-])cc([N+](=O)[O-])c1. The Hall–Kier alpha value is -4.36. The van der Waals surface area contributed by atoms with E-state index in [-0.39, 0.29) is 22.8 Å². The fourth-order valence-electron chi connectivity index (χ4n) is 3.28. The maximum Gasteiger partial charge on any atom is 0.344 e. The third-order valence-electron chi connectivity index (χ3n) is 5.08. The van der Waals surface area contributed by atoms with Gasteiger partial charge in [-0.05, 0) is 53.2 Å². The first-order valence-corrected chi connectivity index (χ1v) is 12.0. The number of esters is 1. The zero-order valence-electron chi connectivity index (χ0n) is 18.5. The highest BCUT2D eigenvalue weighted by molar-refractivity contribution is 9.10. The topological polar surface area (TPSA) is 150 Å². The van der Waals surface area contributed by atoms with Crippen LogP contribution in [-0.2, 0) is 11.3 Å². The van der Waals surface area contributed by atoms with E-state index in [0.29, 0.717) is 5.56 Å². The van der Waals surface area contributed by atoms with Crippen LogP contribution in [0.3, 0.4) is 0 Å². The summed E-state index contributed by atoms with van der Waals surface area (Å²) in [6.45, 7) is 0.139. The highest BCUT2D eigenvalue weighted by atomic mass is 79.9. The Bertz CT molecular complexity index is 1440. The first-order valence-electron chi connectivity index (χ1n) is 10.4. The lowest BCUT2D eigenvalue weighted by atomic mass is 10.1. The molecule has 4 rings (SSSR count). The zero-order chi connectivity index (χ0) is 26.7. The van der Waals surface area contributed by atoms with Crippen molar-refractivity contribution in [3.05, 3.63) is 113 Å². The largest absolute Gasteiger partial charge is 0.423 e. The summed E-state index contributed by atoms with van der Waals surface area (Å²) < 4.78 is 6.06. The van der Waals surface area contributed by atoms with Crippen LogP contribution in [0.5, 0.6) is 5.75 Å². The summed E-state index contributed by atoms with van der Waals surface area (Å²) in [7, 11) is 0. The molecule has 3 aromatic rings. The maximum absolute atomic E-state index is 12.8. The van der Waals surface area contributed by atoms with Crippen LogP contribution in [0.15, 0.2) is 76.1 Å². The van der Waals surface area contributed by atoms with Crippen molar-refractivity contribution in [1.29, 1.82) is 0 Å². The number of hydrogen-bond donors (Lipinski definition) is 0. The van der Waals surface area contributed by atoms with Gasteiger partial charge in [-0.2, -0.15) is 0 Å². The number of rotatable bonds is 7. The Morgan fingerprint density at radius 2 is 1.54 bits per heavy atom. The number of nitro benzene ring substituents is 2. The molecular formula is C24H14BrN3O8S. The summed E-state index contributed by atoms with van der Waals surface area (Å²) in [6.07, 6.45) is 1.53. The first-order chi connectivity index (χ1) is 17.6. The van der Waals surface area contributed by atoms with Crippen LogP contribution in [0.2, 0.25) is 0 Å². The molecule has 1 heterocycles. The van der Waals surface area contributed by atoms with Crippen molar-refractivity contribution < 1.29 is 29.0 Å². The third kappa shape index (κ3) is 6.08. The third-order valence-corrected chi connectivity index (χ3v) is 6.51. The molecule has 1 saturated heterocycles. The van der Waals surface area contributed by atoms with Gasteiger partial charge < -0.3 is 4.74 Å². The lowest BCUT2D eigenvalue weighted by Gasteiger charge is -2.12. The standard InChI is InChI=1S/C24H14BrN3O8S/c25-17-5-1-15(2-6-17)13-26-22(29)21(37-24(26)31)9-14-3-7-20(8-4-14)36-23(30)16-10-18(27(32)33)12-19(11-16)28(34)35/h1-12H,13H2/b21-9-. The number of thioether (sulfide) groups is 1. The van der Waals surface area contributed by atoms with Crippen LogP contribution < -0.4 is 4.74 Å². The normalized spacial score (nSPS) is 14.2. The molecule has 37 heavy (non-hydrogen) atoms. The van der Waals surface area contributed by atoms with Gasteiger partial charge in [0.2, 0.25) is 0 Å². The number of hydrogen-bond acceptors (Lipinski definition) is 9. The molecule has 1 fully saturated rings. The summed E-state index contributed by atoms with van der Waals surface area (Å²) in [4.78, 5) is 59.3. The molecule has 0 saturated carbocycles. The number of carbonyl (C=O) groups excluding carboxylic acids is 3. The molecule has 13 heteroatoms. The van der Waals surface area contributed by atoms with E-state index in [0.717, 1.165) is 44.9 Å². The predicted octanol–water partition coefficient (Wildman–Crippen LogP) is 5.72. The fourth-order valence-corrected chi connectivity index (χ4v) is 4.38. The van der Waals surface area contributed by atoms with E-state index in [1.54, 1.807) is 12.1 Å². The van der Waals surface area contributed by atoms with E-state index in [2.05, 4.69) is 15.9 Å². The fraction of sp³-hybridized carbons (Fsp3) is 0.0417. The molecule has 2 amide bonds. The number of non-ortho nitro benzene ring substituents is 2. The highest BCUT2D eigenvalue weighted by Crippen LogP contribution is 2.33. The number of halogens is 1. The molecular weight excluding hydrogens is 570 g/mol. The molecule has 0 N–H and O–H groups in total. The van der Waals surface area contributed by atoms with Crippen molar-refractivity contribution in [2.75, 3.05) is 0 Å². The van der Waals surface area contributed by atoms with Gasteiger partial charge in [0.1, 0.15) is 5.75 Å². The van der Waals surface area contributed by atoms with Crippen LogP contribution in [0.25, 0.3) is 6.08 Å². The van der Waals surface area contributed by atoms with Crippen molar-refractivity contribution in [2.45, 2.75) is 6.54 Å². The van der Waals surface area contributed by atoms with Crippen LogP contribution in [0, 0.1) is 20.2 Å². The van der Waals surface area contributed by atoms with Crippen LogP contribution >= 0.6 is 27.7 Å². The summed E-state index contributed by atoms with van der Waals surface area (Å²) in [5.74, 6) is -1.38. The molecule has 0 spiro atoms. The Balaban J connectivity index is 1.46. The van der Waals surface area contributed by atoms with E-state index >= 15 is 0 Å². The van der Waals surface area contributed by atoms with E-state index in [1.807, 2.05) is 24.3 Å². The average molecular weight is 584 g/mol. The summed E-state index contributed by atoms with van der Waals surface area (Å²) in [5.41, 5.74) is -0.243. The smallest absolute Gasteiger partial charge is 0.344 e. The van der Waals surface area contributed by atoms with Gasteiger partial charge in [-0.1, -0.05) is 40.2 Å². The van der Waals surface area contributed by atoms with Gasteiger partial charge in [-0.15, -0.1) is 0 Å². The molecule has 0 atom stereocenters. The Morgan fingerprint density at radius 1 is 0.946 bits per heavy atom. The van der Waals surface area contributed by atoms with E-state index in [4.69, 9.17) is 4.74 Å². The van der Waals surface area contributed by atoms with Crippen molar-refractivity contribution in [2.24, 2.45) is 0 Å². The number of imide groups is 1. The van der Waals surface area contributed by atoms with Crippen molar-refractivity contribution in [1.82, 2.24) is 4.90 Å². The van der Waals surface area contributed by atoms with Gasteiger partial charge in [-0.25, -0.2) is 4.79 Å². The maximum atomic E-state index is 12.8. The number of amides is 2. The molecule has 0 unspecified atom stereocenters. The molecule has 11 nitrogen and oxygen atoms in total. The monoisotopic (exact) mass is 583 g/mol. The lowest BCUT2D eigenvalue weighted by molar-refractivity contribution is -0.394. The Labute approximate surface area is 221 Å². The molecule has 0 radical (unpaired) electrons. The molecule has 1 aliphatic heterocycles. The van der Waals surface area contributed by atoms with E-state index < -0.39 is 38.3 Å². The number of nitro groups is 2. The van der Waals surface area contributed by atoms with Crippen LogP contribution in [0.1, 0.15) is 21.5 Å². The van der Waals surface area contributed by atoms with Crippen LogP contribution in [0.4, 0.5) is 16.2 Å². The van der Waals surface area contributed by atoms with Gasteiger partial charge in [0, 0.05) is 16.6 Å². The second kappa shape index (κ2) is 10.7. The van der Waals surface area contributed by atoms with Crippen LogP contribution in [-0.4, -0.2) is 31.9 Å². The van der Waals surface area contributed by atoms with Crippen molar-refractivity contribution in [3.63, 3.8) is 0 Å². The van der Waals surface area contributed by atoms with Gasteiger partial charge in [0.05, 0.1) is 32.9 Å². The number of carbonyl (C=O) groups is 3. The highest BCUT2D eigenvalue weighted by Gasteiger charge is 2.35. The van der Waals surface area contributed by atoms with Crippen molar-refractivity contribution in [3.8, 4) is 5.75 Å². The average Bonchev–Trinajstić information content (AvgIpc) is 3.13. The number of benzene rings is 3. The minimum absolute atomic E-state index is 0.0691. The van der Waals surface area contributed by atoms with E-state index in [9.17, 15) is 34.6 Å². The molecule has 0 aliphatic carbocycles. The molecule has 0 aromatic heterocycles. The lowest BCUT2D eigenvalue weighted by Crippen LogP contribution is -2.27. The van der Waals surface area contributed by atoms with Gasteiger partial charge in [0.25, 0.3) is 22.5 Å². The number of ether oxygens (including phenoxy) is 1. The summed E-state index contributed by atoms with van der Waals surface area (Å²) in [6, 6.07) is 15.7.